The number of furan rings is 1. The van der Waals surface area contributed by atoms with Gasteiger partial charge < -0.3 is 24.7 Å². The first kappa shape index (κ1) is 16.9. The third-order valence-electron chi connectivity index (χ3n) is 3.95. The fourth-order valence-electron chi connectivity index (χ4n) is 2.62. The Morgan fingerprint density at radius 2 is 2.04 bits per heavy atom. The van der Waals surface area contributed by atoms with Crippen molar-refractivity contribution in [2.24, 2.45) is 0 Å². The molecule has 1 aliphatic heterocycles. The molecule has 7 heteroatoms. The van der Waals surface area contributed by atoms with Crippen molar-refractivity contribution >= 4 is 17.6 Å². The number of hydrogen-bond donors (Lipinski definition) is 2. The van der Waals surface area contributed by atoms with Gasteiger partial charge in [0.05, 0.1) is 12.5 Å². The molecule has 2 N–H and O–H groups in total. The molecule has 0 saturated carbocycles. The number of nitrogens with one attached hydrogen (secondary N) is 2. The molecule has 3 amide bonds. The van der Waals surface area contributed by atoms with Gasteiger partial charge in [-0.1, -0.05) is 6.07 Å². The van der Waals surface area contributed by atoms with Crippen molar-refractivity contribution in [1.82, 2.24) is 10.2 Å². The molecule has 3 rings (SSSR count). The summed E-state index contributed by atoms with van der Waals surface area (Å²) in [5.41, 5.74) is 1.48. The molecule has 0 bridgehead atoms. The SMILES string of the molecule is O=C(NCc1ccoc1)Nc1cccc(OCC(=O)N2CCCC2)c1. The van der Waals surface area contributed by atoms with Crippen LogP contribution in [0.3, 0.4) is 0 Å². The molecular formula is C18H21N3O4. The van der Waals surface area contributed by atoms with E-state index in [2.05, 4.69) is 10.6 Å². The minimum absolute atomic E-state index is 0.00582. The summed E-state index contributed by atoms with van der Waals surface area (Å²) in [5, 5.41) is 5.46. The van der Waals surface area contributed by atoms with Gasteiger partial charge in [-0.3, -0.25) is 4.79 Å². The largest absolute Gasteiger partial charge is 0.484 e. The van der Waals surface area contributed by atoms with Crippen LogP contribution in [0.4, 0.5) is 10.5 Å². The second-order valence-electron chi connectivity index (χ2n) is 5.84. The third-order valence-corrected chi connectivity index (χ3v) is 3.95. The van der Waals surface area contributed by atoms with Gasteiger partial charge in [-0.2, -0.15) is 0 Å². The number of carbonyl (C=O) groups is 2. The van der Waals surface area contributed by atoms with Gasteiger partial charge in [0, 0.05) is 37.0 Å². The third kappa shape index (κ3) is 5.00. The minimum Gasteiger partial charge on any atom is -0.484 e. The van der Waals surface area contributed by atoms with Crippen LogP contribution in [-0.4, -0.2) is 36.5 Å². The Kier molecular flexibility index (Phi) is 5.56. The molecule has 0 atom stereocenters. The zero-order chi connectivity index (χ0) is 17.5. The summed E-state index contributed by atoms with van der Waals surface area (Å²) in [5.74, 6) is 0.536. The Labute approximate surface area is 145 Å². The number of benzene rings is 1. The predicted octanol–water partition coefficient (Wildman–Crippen LogP) is 2.60. The van der Waals surface area contributed by atoms with E-state index in [9.17, 15) is 9.59 Å². The maximum Gasteiger partial charge on any atom is 0.319 e. The smallest absolute Gasteiger partial charge is 0.319 e. The summed E-state index contributed by atoms with van der Waals surface area (Å²) in [6.45, 7) is 2.00. The van der Waals surface area contributed by atoms with Crippen molar-refractivity contribution in [2.45, 2.75) is 19.4 Å². The number of amides is 3. The summed E-state index contributed by atoms with van der Waals surface area (Å²) in [7, 11) is 0. The highest BCUT2D eigenvalue weighted by atomic mass is 16.5. The van der Waals surface area contributed by atoms with E-state index in [1.165, 1.54) is 0 Å². The standard InChI is InChI=1S/C18H21N3O4/c22-17(21-7-1-2-8-21)13-25-16-5-3-4-15(10-16)20-18(23)19-11-14-6-9-24-12-14/h3-6,9-10,12H,1-2,7-8,11,13H2,(H2,19,20,23). The number of nitrogens with zero attached hydrogens (tertiary/aromatic N) is 1. The Morgan fingerprint density at radius 1 is 1.20 bits per heavy atom. The van der Waals surface area contributed by atoms with Crippen molar-refractivity contribution < 1.29 is 18.7 Å². The molecule has 0 spiro atoms. The molecule has 1 aliphatic rings. The molecule has 0 radical (unpaired) electrons. The summed E-state index contributed by atoms with van der Waals surface area (Å²) >= 11 is 0. The number of likely N-dealkylation sites (tertiary alicyclic amines) is 1. The highest BCUT2D eigenvalue weighted by Crippen LogP contribution is 2.18. The summed E-state index contributed by atoms with van der Waals surface area (Å²) < 4.78 is 10.5. The van der Waals surface area contributed by atoms with E-state index in [1.807, 2.05) is 4.90 Å². The average molecular weight is 343 g/mol. The lowest BCUT2D eigenvalue weighted by atomic mass is 10.3. The maximum absolute atomic E-state index is 12.0. The molecule has 1 saturated heterocycles. The average Bonchev–Trinajstić information content (AvgIpc) is 3.31. The predicted molar refractivity (Wildman–Crippen MR) is 92.3 cm³/mol. The first-order valence-electron chi connectivity index (χ1n) is 8.27. The zero-order valence-electron chi connectivity index (χ0n) is 13.9. The lowest BCUT2D eigenvalue weighted by Gasteiger charge is -2.15. The lowest BCUT2D eigenvalue weighted by Crippen LogP contribution is -2.32. The van der Waals surface area contributed by atoms with Crippen LogP contribution >= 0.6 is 0 Å². The molecule has 25 heavy (non-hydrogen) atoms. The van der Waals surface area contributed by atoms with Crippen LogP contribution in [0.2, 0.25) is 0 Å². The minimum atomic E-state index is -0.327. The quantitative estimate of drug-likeness (QED) is 0.844. The van der Waals surface area contributed by atoms with Gasteiger partial charge in [-0.15, -0.1) is 0 Å². The van der Waals surface area contributed by atoms with Gasteiger partial charge in [0.25, 0.3) is 5.91 Å². The summed E-state index contributed by atoms with van der Waals surface area (Å²) in [6, 6.07) is 8.42. The van der Waals surface area contributed by atoms with E-state index in [0.29, 0.717) is 18.0 Å². The fourth-order valence-corrected chi connectivity index (χ4v) is 2.62. The van der Waals surface area contributed by atoms with Crippen molar-refractivity contribution in [3.8, 4) is 5.75 Å². The Balaban J connectivity index is 1.47. The molecule has 1 aromatic carbocycles. The van der Waals surface area contributed by atoms with E-state index >= 15 is 0 Å². The molecule has 2 heterocycles. The van der Waals surface area contributed by atoms with E-state index in [4.69, 9.17) is 9.15 Å². The second kappa shape index (κ2) is 8.23. The number of hydrogen-bond acceptors (Lipinski definition) is 4. The van der Waals surface area contributed by atoms with Gasteiger partial charge in [-0.05, 0) is 31.0 Å². The zero-order valence-corrected chi connectivity index (χ0v) is 13.9. The normalized spacial score (nSPS) is 13.5. The first-order valence-corrected chi connectivity index (χ1v) is 8.27. The van der Waals surface area contributed by atoms with Gasteiger partial charge in [-0.25, -0.2) is 4.79 Å². The molecule has 1 fully saturated rings. The van der Waals surface area contributed by atoms with Crippen molar-refractivity contribution in [3.05, 3.63) is 48.4 Å². The Hall–Kier alpha value is -2.96. The number of carbonyl (C=O) groups excluding carboxylic acids is 2. The molecule has 7 nitrogen and oxygen atoms in total. The van der Waals surface area contributed by atoms with Crippen LogP contribution in [0.5, 0.6) is 5.75 Å². The highest BCUT2D eigenvalue weighted by Gasteiger charge is 2.18. The molecular weight excluding hydrogens is 322 g/mol. The van der Waals surface area contributed by atoms with Gasteiger partial charge in [0.15, 0.2) is 6.61 Å². The molecule has 132 valence electrons. The number of anilines is 1. The summed E-state index contributed by atoms with van der Waals surface area (Å²) in [4.78, 5) is 25.7. The Bertz CT molecular complexity index is 709. The van der Waals surface area contributed by atoms with Crippen LogP contribution in [0.25, 0.3) is 0 Å². The maximum atomic E-state index is 12.0. The number of urea groups is 1. The van der Waals surface area contributed by atoms with Gasteiger partial charge in [0.2, 0.25) is 0 Å². The Morgan fingerprint density at radius 3 is 2.80 bits per heavy atom. The monoisotopic (exact) mass is 343 g/mol. The van der Waals surface area contributed by atoms with Gasteiger partial charge in [0.1, 0.15) is 5.75 Å². The highest BCUT2D eigenvalue weighted by molar-refractivity contribution is 5.89. The lowest BCUT2D eigenvalue weighted by molar-refractivity contribution is -0.132. The first-order chi connectivity index (χ1) is 12.2. The topological polar surface area (TPSA) is 83.8 Å². The van der Waals surface area contributed by atoms with E-state index < -0.39 is 0 Å². The van der Waals surface area contributed by atoms with Crippen molar-refractivity contribution in [3.63, 3.8) is 0 Å². The van der Waals surface area contributed by atoms with E-state index in [0.717, 1.165) is 31.5 Å². The van der Waals surface area contributed by atoms with Crippen molar-refractivity contribution in [1.29, 1.82) is 0 Å². The fraction of sp³-hybridized carbons (Fsp3) is 0.333. The molecule has 1 aromatic heterocycles. The van der Waals surface area contributed by atoms with Crippen LogP contribution in [0.15, 0.2) is 47.3 Å². The van der Waals surface area contributed by atoms with E-state index in [1.54, 1.807) is 42.9 Å². The molecule has 0 unspecified atom stereocenters. The van der Waals surface area contributed by atoms with E-state index in [-0.39, 0.29) is 18.5 Å². The number of ether oxygens (including phenoxy) is 1. The van der Waals surface area contributed by atoms with Crippen molar-refractivity contribution in [2.75, 3.05) is 25.0 Å². The molecule has 2 aromatic rings. The van der Waals surface area contributed by atoms with Crippen LogP contribution in [-0.2, 0) is 11.3 Å². The second-order valence-corrected chi connectivity index (χ2v) is 5.84. The van der Waals surface area contributed by atoms with Crippen LogP contribution in [0.1, 0.15) is 18.4 Å². The van der Waals surface area contributed by atoms with Crippen LogP contribution < -0.4 is 15.4 Å². The van der Waals surface area contributed by atoms with Gasteiger partial charge >= 0.3 is 6.03 Å². The molecule has 0 aliphatic carbocycles. The summed E-state index contributed by atoms with van der Waals surface area (Å²) in [6.07, 6.45) is 5.24. The number of rotatable bonds is 6. The van der Waals surface area contributed by atoms with Crippen LogP contribution in [0, 0.1) is 0 Å².